The molecule has 0 saturated heterocycles. The Bertz CT molecular complexity index is 2050. The van der Waals surface area contributed by atoms with E-state index in [1.807, 2.05) is 21.1 Å². The van der Waals surface area contributed by atoms with E-state index in [9.17, 15) is 19.0 Å². The summed E-state index contributed by atoms with van der Waals surface area (Å²) in [6.07, 6.45) is 107. The molecule has 0 saturated carbocycles. The maximum absolute atomic E-state index is 12.9. The Balaban J connectivity index is 3.99. The fraction of sp³-hybridized carbons (Fsp3) is 0.714. The lowest BCUT2D eigenvalue weighted by Gasteiger charge is -2.24. The van der Waals surface area contributed by atoms with Crippen LogP contribution in [0.4, 0.5) is 0 Å². The van der Waals surface area contributed by atoms with Crippen LogP contribution in [0.5, 0.6) is 0 Å². The van der Waals surface area contributed by atoms with Gasteiger partial charge in [0.2, 0.25) is 0 Å². The predicted octanol–water partition coefficient (Wildman–Crippen LogP) is 25.9. The highest BCUT2D eigenvalue weighted by Gasteiger charge is 2.27. The van der Waals surface area contributed by atoms with Gasteiger partial charge < -0.3 is 18.9 Å². The van der Waals surface area contributed by atoms with Gasteiger partial charge in [0.25, 0.3) is 0 Å². The maximum Gasteiger partial charge on any atom is 0.472 e. The van der Waals surface area contributed by atoms with E-state index in [1.54, 1.807) is 0 Å². The molecule has 0 heterocycles. The third-order valence-electron chi connectivity index (χ3n) is 16.7. The van der Waals surface area contributed by atoms with Gasteiger partial charge in [-0.2, -0.15) is 0 Å². The van der Waals surface area contributed by atoms with Crippen molar-refractivity contribution in [2.24, 2.45) is 0 Å². The molecule has 0 rings (SSSR count). The van der Waals surface area contributed by atoms with Crippen molar-refractivity contribution in [3.8, 4) is 0 Å². The van der Waals surface area contributed by atoms with Crippen molar-refractivity contribution < 1.29 is 42.1 Å². The number of hydrogen-bond acceptors (Lipinski definition) is 7. The fourth-order valence-electron chi connectivity index (χ4n) is 10.8. The molecule has 0 aromatic rings. The average Bonchev–Trinajstić information content (AvgIpc) is 1.68. The molecule has 1 N–H and O–H groups in total. The summed E-state index contributed by atoms with van der Waals surface area (Å²) in [5.74, 6) is -0.790. The summed E-state index contributed by atoms with van der Waals surface area (Å²) in [4.78, 5) is 36.0. The first kappa shape index (κ1) is 90.2. The molecular weight excluding hydrogens is 1180 g/mol. The maximum atomic E-state index is 12.9. The quantitative estimate of drug-likeness (QED) is 0.0211. The molecule has 0 aliphatic carbocycles. The summed E-state index contributed by atoms with van der Waals surface area (Å²) in [5.41, 5.74) is 0. The normalized spacial score (nSPS) is 13.8. The van der Waals surface area contributed by atoms with Crippen molar-refractivity contribution in [2.75, 3.05) is 47.5 Å². The Kier molecular flexibility index (Phi) is 70.4. The molecule has 540 valence electrons. The largest absolute Gasteiger partial charge is 0.472 e. The second-order valence-corrected chi connectivity index (χ2v) is 28.4. The average molecular weight is 1330 g/mol. The molecule has 10 heteroatoms. The van der Waals surface area contributed by atoms with E-state index in [-0.39, 0.29) is 32.0 Å². The number of rotatable bonds is 71. The summed E-state index contributed by atoms with van der Waals surface area (Å²) < 4.78 is 34.8. The highest BCUT2D eigenvalue weighted by Crippen LogP contribution is 2.43. The highest BCUT2D eigenvalue weighted by molar-refractivity contribution is 7.47. The lowest BCUT2D eigenvalue weighted by Crippen LogP contribution is -2.37. The molecule has 0 aliphatic heterocycles. The minimum atomic E-state index is -4.40. The number of ether oxygens (including phenoxy) is 2. The van der Waals surface area contributed by atoms with E-state index in [1.165, 1.54) is 193 Å². The summed E-state index contributed by atoms with van der Waals surface area (Å²) in [6, 6.07) is 0. The van der Waals surface area contributed by atoms with Gasteiger partial charge in [0, 0.05) is 12.8 Å². The predicted molar refractivity (Wildman–Crippen MR) is 408 cm³/mol. The number of carbonyl (C=O) groups excluding carboxylic acids is 2. The minimum Gasteiger partial charge on any atom is -0.462 e. The van der Waals surface area contributed by atoms with Crippen molar-refractivity contribution in [1.29, 1.82) is 0 Å². The van der Waals surface area contributed by atoms with Gasteiger partial charge in [-0.1, -0.05) is 347 Å². The van der Waals surface area contributed by atoms with Gasteiger partial charge in [0.05, 0.1) is 27.7 Å². The fourth-order valence-corrected chi connectivity index (χ4v) is 11.6. The van der Waals surface area contributed by atoms with Crippen LogP contribution in [0.2, 0.25) is 0 Å². The van der Waals surface area contributed by atoms with Crippen LogP contribution in [0.1, 0.15) is 335 Å². The first-order valence-corrected chi connectivity index (χ1v) is 40.4. The van der Waals surface area contributed by atoms with Crippen molar-refractivity contribution >= 4 is 19.8 Å². The van der Waals surface area contributed by atoms with Crippen LogP contribution in [-0.2, 0) is 32.7 Å². The molecule has 94 heavy (non-hydrogen) atoms. The van der Waals surface area contributed by atoms with Crippen LogP contribution in [0, 0.1) is 0 Å². The van der Waals surface area contributed by atoms with Crippen LogP contribution in [0.3, 0.4) is 0 Å². The van der Waals surface area contributed by atoms with Crippen LogP contribution >= 0.6 is 7.82 Å². The van der Waals surface area contributed by atoms with Gasteiger partial charge >= 0.3 is 19.8 Å². The molecule has 0 spiro atoms. The second kappa shape index (κ2) is 73.4. The third-order valence-corrected chi connectivity index (χ3v) is 17.7. The van der Waals surface area contributed by atoms with Crippen LogP contribution < -0.4 is 0 Å². The first-order valence-electron chi connectivity index (χ1n) is 38.9. The molecule has 2 atom stereocenters. The van der Waals surface area contributed by atoms with E-state index < -0.39 is 26.5 Å². The number of unbranched alkanes of at least 4 members (excludes halogenated alkanes) is 35. The Morgan fingerprint density at radius 1 is 0.330 bits per heavy atom. The number of likely N-dealkylation sites (N-methyl/N-ethyl adjacent to an activating group) is 1. The number of carbonyl (C=O) groups is 2. The van der Waals surface area contributed by atoms with Crippen LogP contribution in [0.15, 0.2) is 134 Å². The second-order valence-electron chi connectivity index (χ2n) is 27.0. The zero-order valence-electron chi connectivity index (χ0n) is 61.7. The van der Waals surface area contributed by atoms with E-state index in [2.05, 4.69) is 148 Å². The summed E-state index contributed by atoms with van der Waals surface area (Å²) in [5, 5.41) is 0. The van der Waals surface area contributed by atoms with Gasteiger partial charge in [-0.25, -0.2) is 4.57 Å². The third kappa shape index (κ3) is 77.2. The number of esters is 2. The Morgan fingerprint density at radius 2 is 0.574 bits per heavy atom. The number of allylic oxidation sites excluding steroid dienone is 22. The van der Waals surface area contributed by atoms with E-state index in [4.69, 9.17) is 18.5 Å². The Morgan fingerprint density at radius 3 is 0.851 bits per heavy atom. The SMILES string of the molecule is CC/C=C\C/C=C\C/C=C\C/C=C\C/C=C\C/C=C\C/C=C\CCCCCCCCCCCCCCCC(=O)OC(COC(=O)CCCCCCCCCCCCCCCCCCCCCCCC/C=C\C/C=C\C/C=C\C/C=C\CC)COP(=O)(O)OCC[N+](C)(C)C. The molecule has 0 aromatic carbocycles. The highest BCUT2D eigenvalue weighted by atomic mass is 31.2. The summed E-state index contributed by atoms with van der Waals surface area (Å²) >= 11 is 0. The summed E-state index contributed by atoms with van der Waals surface area (Å²) in [7, 11) is 1.48. The zero-order chi connectivity index (χ0) is 68.3. The lowest BCUT2D eigenvalue weighted by molar-refractivity contribution is -0.870. The van der Waals surface area contributed by atoms with Gasteiger partial charge in [-0.3, -0.25) is 18.6 Å². The van der Waals surface area contributed by atoms with Crippen molar-refractivity contribution in [2.45, 2.75) is 341 Å². The minimum absolute atomic E-state index is 0.0283. The monoisotopic (exact) mass is 1330 g/mol. The molecule has 0 amide bonds. The van der Waals surface area contributed by atoms with Crippen molar-refractivity contribution in [1.82, 2.24) is 0 Å². The van der Waals surface area contributed by atoms with Gasteiger partial charge in [0.1, 0.15) is 19.8 Å². The molecule has 0 radical (unpaired) electrons. The van der Waals surface area contributed by atoms with Crippen LogP contribution in [-0.4, -0.2) is 74.9 Å². The standard InChI is InChI=1S/C84H146NO8P/c1-6-8-10-12-14-16-18-20-22-24-26-28-30-32-34-36-38-40-42-44-46-48-50-52-54-56-58-60-62-64-66-68-70-72-74-76-83(86)90-80-82(81-92-94(88,89)91-79-78-85(3,4)5)93-84(87)77-75-73-71-69-67-65-63-61-59-57-55-53-51-49-47-45-43-41-39-37-35-33-31-29-27-25-23-21-19-17-15-13-11-9-7-2/h8-11,14-17,20-23,26-29,33,35,39,41,45,47,82H,6-7,12-13,18-19,24-25,30-32,34,36-38,40,42-44,46,48-81H2,1-5H3/p+1/b10-8-,11-9-,16-14-,17-15-,22-20-,23-21-,28-26-,29-27-,35-33-,41-39-,47-45-. The molecule has 2 unspecified atom stereocenters. The molecule has 0 aliphatic rings. The number of quaternary nitrogens is 1. The summed E-state index contributed by atoms with van der Waals surface area (Å²) in [6.45, 7) is 4.24. The molecular formula is C84H147NO8P+. The first-order chi connectivity index (χ1) is 46.0. The molecule has 0 aromatic heterocycles. The lowest BCUT2D eigenvalue weighted by atomic mass is 10.0. The number of nitrogens with zero attached hydrogens (tertiary/aromatic N) is 1. The van der Waals surface area contributed by atoms with Gasteiger partial charge in [-0.05, 0) is 109 Å². The zero-order valence-corrected chi connectivity index (χ0v) is 62.6. The smallest absolute Gasteiger partial charge is 0.462 e. The van der Waals surface area contributed by atoms with E-state index >= 15 is 0 Å². The Labute approximate surface area is 581 Å². The van der Waals surface area contributed by atoms with E-state index in [0.29, 0.717) is 17.4 Å². The number of phosphoric ester groups is 1. The number of phosphoric acid groups is 1. The molecule has 0 fully saturated rings. The molecule has 9 nitrogen and oxygen atoms in total. The van der Waals surface area contributed by atoms with Gasteiger partial charge in [0.15, 0.2) is 6.10 Å². The Hall–Kier alpha value is -3.85. The number of hydrogen-bond donors (Lipinski definition) is 1. The van der Waals surface area contributed by atoms with Crippen LogP contribution in [0.25, 0.3) is 0 Å². The van der Waals surface area contributed by atoms with Crippen molar-refractivity contribution in [3.63, 3.8) is 0 Å². The van der Waals surface area contributed by atoms with Gasteiger partial charge in [-0.15, -0.1) is 0 Å². The van der Waals surface area contributed by atoms with Crippen molar-refractivity contribution in [3.05, 3.63) is 134 Å². The molecule has 0 bridgehead atoms. The van der Waals surface area contributed by atoms with E-state index in [0.717, 1.165) is 109 Å². The topological polar surface area (TPSA) is 108 Å².